The number of hydrogen-bond acceptors (Lipinski definition) is 3. The molecule has 2 aromatic rings. The summed E-state index contributed by atoms with van der Waals surface area (Å²) >= 11 is 11.6. The van der Waals surface area contributed by atoms with Crippen molar-refractivity contribution in [1.82, 2.24) is 0 Å². The van der Waals surface area contributed by atoms with Gasteiger partial charge in [-0.1, -0.05) is 52.6 Å². The first-order valence-corrected chi connectivity index (χ1v) is 7.20. The highest BCUT2D eigenvalue weighted by molar-refractivity contribution is 6.30. The Hall–Kier alpha value is -2.28. The lowest BCUT2D eigenvalue weighted by Gasteiger charge is -1.99. The zero-order chi connectivity index (χ0) is 15.8. The first-order chi connectivity index (χ1) is 10.7. The number of benzene rings is 2. The van der Waals surface area contributed by atoms with Crippen LogP contribution in [-0.4, -0.2) is 6.21 Å². The topological polar surface area (TPSA) is 45.4 Å². The molecule has 0 aromatic heterocycles. The largest absolute Gasteiger partial charge is 0.391 e. The molecule has 0 N–H and O–H groups in total. The second-order valence-corrected chi connectivity index (χ2v) is 5.27. The number of nitrogens with zero attached hydrogens (tertiary/aromatic N) is 2. The summed E-state index contributed by atoms with van der Waals surface area (Å²) < 4.78 is 0. The minimum absolute atomic E-state index is 0.313. The first kappa shape index (κ1) is 16.1. The molecule has 0 bridgehead atoms. The van der Waals surface area contributed by atoms with E-state index in [0.29, 0.717) is 22.2 Å². The zero-order valence-electron chi connectivity index (χ0n) is 11.5. The highest BCUT2D eigenvalue weighted by Crippen LogP contribution is 2.12. The van der Waals surface area contributed by atoms with E-state index in [0.717, 1.165) is 11.1 Å². The van der Waals surface area contributed by atoms with Gasteiger partial charge in [-0.3, -0.25) is 0 Å². The summed E-state index contributed by atoms with van der Waals surface area (Å²) in [5.74, 6) is 0. The fourth-order valence-corrected chi connectivity index (χ4v) is 1.88. The average molecular weight is 331 g/mol. The molecule has 0 heterocycles. The first-order valence-electron chi connectivity index (χ1n) is 6.44. The van der Waals surface area contributed by atoms with Crippen LogP contribution in [0.3, 0.4) is 0 Å². The van der Waals surface area contributed by atoms with E-state index >= 15 is 0 Å². The van der Waals surface area contributed by atoms with Crippen LogP contribution in [0.4, 0.5) is 0 Å². The third kappa shape index (κ3) is 5.25. The van der Waals surface area contributed by atoms with Crippen molar-refractivity contribution >= 4 is 35.5 Å². The summed E-state index contributed by atoms with van der Waals surface area (Å²) in [7, 11) is 0. The maximum atomic E-state index is 9.08. The molecule has 3 nitrogen and oxygen atoms in total. The number of oxime groups is 1. The van der Waals surface area contributed by atoms with Crippen LogP contribution < -0.4 is 0 Å². The highest BCUT2D eigenvalue weighted by atomic mass is 35.5. The molecule has 0 aliphatic heterocycles. The number of halogens is 2. The van der Waals surface area contributed by atoms with Crippen molar-refractivity contribution in [2.24, 2.45) is 5.16 Å². The molecule has 0 spiro atoms. The minimum atomic E-state index is 0.313. The van der Waals surface area contributed by atoms with E-state index in [1.807, 2.05) is 24.3 Å². The Morgan fingerprint density at radius 1 is 1.05 bits per heavy atom. The van der Waals surface area contributed by atoms with Crippen LogP contribution >= 0.6 is 23.2 Å². The molecule has 0 aliphatic rings. The summed E-state index contributed by atoms with van der Waals surface area (Å²) in [6.45, 7) is 0.313. The summed E-state index contributed by atoms with van der Waals surface area (Å²) in [5.41, 5.74) is 2.20. The van der Waals surface area contributed by atoms with Crippen LogP contribution in [0.1, 0.15) is 11.1 Å². The molecular weight excluding hydrogens is 319 g/mol. The molecule has 0 unspecified atom stereocenters. The van der Waals surface area contributed by atoms with Gasteiger partial charge in [0.1, 0.15) is 12.7 Å². The van der Waals surface area contributed by atoms with Gasteiger partial charge in [-0.2, -0.15) is 5.26 Å². The lowest BCUT2D eigenvalue weighted by atomic mass is 10.1. The van der Waals surface area contributed by atoms with Gasteiger partial charge in [-0.15, -0.1) is 0 Å². The summed E-state index contributed by atoms with van der Waals surface area (Å²) in [6, 6.07) is 16.5. The van der Waals surface area contributed by atoms with Crippen LogP contribution in [0, 0.1) is 11.3 Å². The van der Waals surface area contributed by atoms with Gasteiger partial charge in [0.25, 0.3) is 0 Å². The van der Waals surface area contributed by atoms with E-state index in [9.17, 15) is 0 Å². The van der Waals surface area contributed by atoms with Crippen molar-refractivity contribution in [3.05, 3.63) is 75.3 Å². The lowest BCUT2D eigenvalue weighted by molar-refractivity contribution is 0.132. The predicted molar refractivity (Wildman–Crippen MR) is 89.8 cm³/mol. The van der Waals surface area contributed by atoms with Crippen LogP contribution in [0.15, 0.2) is 59.3 Å². The molecule has 5 heteroatoms. The second kappa shape index (κ2) is 8.23. The molecule has 0 fully saturated rings. The quantitative estimate of drug-likeness (QED) is 0.434. The van der Waals surface area contributed by atoms with Gasteiger partial charge >= 0.3 is 0 Å². The van der Waals surface area contributed by atoms with Crippen molar-refractivity contribution < 1.29 is 4.84 Å². The Labute approximate surface area is 139 Å². The van der Waals surface area contributed by atoms with Gasteiger partial charge < -0.3 is 4.84 Å². The number of rotatable bonds is 5. The molecule has 2 aromatic carbocycles. The molecule has 0 aliphatic carbocycles. The Morgan fingerprint density at radius 3 is 2.23 bits per heavy atom. The van der Waals surface area contributed by atoms with Crippen molar-refractivity contribution in [2.75, 3.05) is 0 Å². The van der Waals surface area contributed by atoms with E-state index in [-0.39, 0.29) is 0 Å². The predicted octanol–water partition coefficient (Wildman–Crippen LogP) is 5.10. The number of nitriles is 1. The summed E-state index contributed by atoms with van der Waals surface area (Å²) in [5, 5.41) is 14.2. The van der Waals surface area contributed by atoms with Crippen LogP contribution in [0.5, 0.6) is 0 Å². The molecule has 0 saturated carbocycles. The van der Waals surface area contributed by atoms with E-state index in [2.05, 4.69) is 11.2 Å². The SMILES string of the molecule is N#CC(/C=N\OCc1ccc(Cl)cc1)=C\c1ccc(Cl)cc1. The Kier molecular flexibility index (Phi) is 6.02. The summed E-state index contributed by atoms with van der Waals surface area (Å²) in [6.07, 6.45) is 3.08. The van der Waals surface area contributed by atoms with Crippen molar-refractivity contribution in [2.45, 2.75) is 6.61 Å². The Balaban J connectivity index is 1.93. The summed E-state index contributed by atoms with van der Waals surface area (Å²) in [4.78, 5) is 5.16. The van der Waals surface area contributed by atoms with E-state index in [4.69, 9.17) is 33.3 Å². The monoisotopic (exact) mass is 330 g/mol. The molecule has 22 heavy (non-hydrogen) atoms. The van der Waals surface area contributed by atoms with Gasteiger partial charge in [-0.05, 0) is 41.5 Å². The maximum Gasteiger partial charge on any atom is 0.142 e. The molecule has 110 valence electrons. The number of allylic oxidation sites excluding steroid dienone is 1. The van der Waals surface area contributed by atoms with Gasteiger partial charge in [0.15, 0.2) is 0 Å². The average Bonchev–Trinajstić information content (AvgIpc) is 2.54. The highest BCUT2D eigenvalue weighted by Gasteiger charge is 1.95. The maximum absolute atomic E-state index is 9.08. The van der Waals surface area contributed by atoms with Gasteiger partial charge in [-0.25, -0.2) is 0 Å². The third-order valence-corrected chi connectivity index (χ3v) is 3.24. The fraction of sp³-hybridized carbons (Fsp3) is 0.0588. The van der Waals surface area contributed by atoms with Crippen molar-refractivity contribution in [3.63, 3.8) is 0 Å². The van der Waals surface area contributed by atoms with E-state index in [1.165, 1.54) is 6.21 Å². The van der Waals surface area contributed by atoms with Crippen molar-refractivity contribution in [1.29, 1.82) is 5.26 Å². The van der Waals surface area contributed by atoms with Crippen LogP contribution in [0.25, 0.3) is 6.08 Å². The van der Waals surface area contributed by atoms with Gasteiger partial charge in [0.05, 0.1) is 11.8 Å². The number of hydrogen-bond donors (Lipinski definition) is 0. The molecular formula is C17H12Cl2N2O. The molecule has 0 radical (unpaired) electrons. The Bertz CT molecular complexity index is 714. The van der Waals surface area contributed by atoms with Gasteiger partial charge in [0, 0.05) is 10.0 Å². The van der Waals surface area contributed by atoms with Crippen molar-refractivity contribution in [3.8, 4) is 6.07 Å². The van der Waals surface area contributed by atoms with Gasteiger partial charge in [0.2, 0.25) is 0 Å². The lowest BCUT2D eigenvalue weighted by Crippen LogP contribution is -1.88. The smallest absolute Gasteiger partial charge is 0.142 e. The van der Waals surface area contributed by atoms with E-state index in [1.54, 1.807) is 30.3 Å². The fourth-order valence-electron chi connectivity index (χ4n) is 1.62. The minimum Gasteiger partial charge on any atom is -0.391 e. The Morgan fingerprint density at radius 2 is 1.64 bits per heavy atom. The normalized spacial score (nSPS) is 11.4. The third-order valence-electron chi connectivity index (χ3n) is 2.73. The molecule has 0 saturated heterocycles. The van der Waals surface area contributed by atoms with E-state index < -0.39 is 0 Å². The standard InChI is InChI=1S/C17H12Cl2N2O/c18-16-5-1-13(2-6-16)9-15(10-20)11-21-22-12-14-3-7-17(19)8-4-14/h1-9,11H,12H2/b15-9+,21-11-. The van der Waals surface area contributed by atoms with Crippen LogP contribution in [0.2, 0.25) is 10.0 Å². The van der Waals surface area contributed by atoms with Crippen LogP contribution in [-0.2, 0) is 11.4 Å². The zero-order valence-corrected chi connectivity index (χ0v) is 13.1. The second-order valence-electron chi connectivity index (χ2n) is 4.40. The molecule has 2 rings (SSSR count). The molecule has 0 atom stereocenters. The molecule has 0 amide bonds.